The summed E-state index contributed by atoms with van der Waals surface area (Å²) in [5, 5.41) is 3.38. The van der Waals surface area contributed by atoms with Gasteiger partial charge in [-0.2, -0.15) is 0 Å². The summed E-state index contributed by atoms with van der Waals surface area (Å²) in [5.41, 5.74) is 0.0921. The fourth-order valence-electron chi connectivity index (χ4n) is 3.22. The van der Waals surface area contributed by atoms with Crippen molar-refractivity contribution < 1.29 is 17.9 Å². The zero-order chi connectivity index (χ0) is 14.6. The van der Waals surface area contributed by atoms with E-state index in [1.807, 2.05) is 0 Å². The van der Waals surface area contributed by atoms with Gasteiger partial charge in [0.15, 0.2) is 0 Å². The highest BCUT2D eigenvalue weighted by molar-refractivity contribution is 7.89. The summed E-state index contributed by atoms with van der Waals surface area (Å²) in [7, 11) is -2.08. The van der Waals surface area contributed by atoms with E-state index < -0.39 is 16.0 Å². The Morgan fingerprint density at radius 1 is 1.35 bits per heavy atom. The molecule has 20 heavy (non-hydrogen) atoms. The number of hydrogen-bond donors (Lipinski definition) is 1. The number of methoxy groups -OCH3 is 1. The van der Waals surface area contributed by atoms with Crippen LogP contribution in [-0.2, 0) is 19.6 Å². The zero-order valence-electron chi connectivity index (χ0n) is 12.1. The third kappa shape index (κ3) is 3.71. The second-order valence-corrected chi connectivity index (χ2v) is 7.95. The average Bonchev–Trinajstić information content (AvgIpc) is 2.45. The number of rotatable bonds is 4. The van der Waals surface area contributed by atoms with Gasteiger partial charge in [-0.15, -0.1) is 0 Å². The van der Waals surface area contributed by atoms with Gasteiger partial charge in [-0.25, -0.2) is 12.7 Å². The van der Waals surface area contributed by atoms with Gasteiger partial charge in [0, 0.05) is 19.6 Å². The van der Waals surface area contributed by atoms with Crippen molar-refractivity contribution in [3.05, 3.63) is 0 Å². The van der Waals surface area contributed by atoms with Crippen molar-refractivity contribution in [1.29, 1.82) is 0 Å². The van der Waals surface area contributed by atoms with Crippen LogP contribution in [0.15, 0.2) is 0 Å². The maximum absolute atomic E-state index is 12.3. The zero-order valence-corrected chi connectivity index (χ0v) is 12.9. The molecule has 0 radical (unpaired) electrons. The van der Waals surface area contributed by atoms with Crippen molar-refractivity contribution in [1.82, 2.24) is 9.62 Å². The van der Waals surface area contributed by atoms with Gasteiger partial charge in [-0.05, 0) is 37.6 Å². The van der Waals surface area contributed by atoms with E-state index >= 15 is 0 Å². The van der Waals surface area contributed by atoms with Crippen molar-refractivity contribution in [2.45, 2.75) is 32.1 Å². The van der Waals surface area contributed by atoms with Gasteiger partial charge in [0.2, 0.25) is 10.0 Å². The molecule has 0 aromatic rings. The van der Waals surface area contributed by atoms with Crippen molar-refractivity contribution in [3.8, 4) is 0 Å². The molecule has 1 N–H and O–H groups in total. The Bertz CT molecular complexity index is 438. The molecule has 1 atom stereocenters. The third-order valence-electron chi connectivity index (χ3n) is 4.37. The minimum atomic E-state index is -3.36. The molecule has 1 spiro atoms. The van der Waals surface area contributed by atoms with E-state index in [9.17, 15) is 13.2 Å². The predicted octanol–water partition coefficient (Wildman–Crippen LogP) is 0.345. The lowest BCUT2D eigenvalue weighted by Crippen LogP contribution is -2.52. The highest BCUT2D eigenvalue weighted by Crippen LogP contribution is 2.36. The summed E-state index contributed by atoms with van der Waals surface area (Å²) in [6.45, 7) is 3.08. The number of esters is 1. The first-order chi connectivity index (χ1) is 9.47. The predicted molar refractivity (Wildman–Crippen MR) is 75.8 cm³/mol. The third-order valence-corrected chi connectivity index (χ3v) is 6.19. The monoisotopic (exact) mass is 304 g/mol. The summed E-state index contributed by atoms with van der Waals surface area (Å²) in [6.07, 6.45) is 4.11. The molecular weight excluding hydrogens is 280 g/mol. The second kappa shape index (κ2) is 6.41. The molecule has 2 rings (SSSR count). The van der Waals surface area contributed by atoms with E-state index in [0.717, 1.165) is 38.8 Å². The fraction of sp³-hybridized carbons (Fsp3) is 0.923. The number of nitrogens with zero attached hydrogens (tertiary/aromatic N) is 1. The van der Waals surface area contributed by atoms with Crippen molar-refractivity contribution in [3.63, 3.8) is 0 Å². The van der Waals surface area contributed by atoms with E-state index in [-0.39, 0.29) is 17.6 Å². The summed E-state index contributed by atoms with van der Waals surface area (Å²) < 4.78 is 30.7. The first kappa shape index (κ1) is 15.7. The number of hydrogen-bond acceptors (Lipinski definition) is 5. The van der Waals surface area contributed by atoms with Crippen LogP contribution in [0.2, 0.25) is 0 Å². The van der Waals surface area contributed by atoms with Crippen LogP contribution in [0.4, 0.5) is 0 Å². The van der Waals surface area contributed by atoms with Crippen LogP contribution in [0.25, 0.3) is 0 Å². The van der Waals surface area contributed by atoms with Gasteiger partial charge >= 0.3 is 5.97 Å². The van der Waals surface area contributed by atoms with Gasteiger partial charge < -0.3 is 10.1 Å². The maximum Gasteiger partial charge on any atom is 0.306 e. The quantitative estimate of drug-likeness (QED) is 0.758. The Morgan fingerprint density at radius 3 is 2.75 bits per heavy atom. The van der Waals surface area contributed by atoms with Crippen molar-refractivity contribution >= 4 is 16.0 Å². The molecule has 0 aromatic heterocycles. The lowest BCUT2D eigenvalue weighted by atomic mass is 9.75. The molecule has 2 aliphatic heterocycles. The molecule has 2 heterocycles. The second-order valence-electron chi connectivity index (χ2n) is 5.86. The SMILES string of the molecule is COC(=O)CCS(=O)(=O)N1CCCC2(CCCNC2)C1. The molecule has 0 bridgehead atoms. The molecule has 0 aromatic carbocycles. The average molecular weight is 304 g/mol. The molecule has 2 fully saturated rings. The molecule has 116 valence electrons. The Morgan fingerprint density at radius 2 is 2.10 bits per heavy atom. The normalized spacial score (nSPS) is 28.4. The van der Waals surface area contributed by atoms with E-state index in [1.54, 1.807) is 4.31 Å². The Hall–Kier alpha value is -0.660. The molecule has 0 saturated carbocycles. The number of piperidine rings is 2. The van der Waals surface area contributed by atoms with Crippen molar-refractivity contribution in [2.24, 2.45) is 5.41 Å². The number of ether oxygens (including phenoxy) is 1. The first-order valence-corrected chi connectivity index (χ1v) is 8.84. The van der Waals surface area contributed by atoms with E-state index in [0.29, 0.717) is 13.1 Å². The van der Waals surface area contributed by atoms with Crippen LogP contribution in [-0.4, -0.2) is 57.7 Å². The minimum absolute atomic E-state index is 0.0689. The van der Waals surface area contributed by atoms with Crippen LogP contribution in [0.5, 0.6) is 0 Å². The van der Waals surface area contributed by atoms with Gasteiger partial charge in [-0.1, -0.05) is 0 Å². The van der Waals surface area contributed by atoms with E-state index in [1.165, 1.54) is 7.11 Å². The molecule has 2 saturated heterocycles. The van der Waals surface area contributed by atoms with Crippen LogP contribution in [0.1, 0.15) is 32.1 Å². The first-order valence-electron chi connectivity index (χ1n) is 7.23. The van der Waals surface area contributed by atoms with Crippen LogP contribution >= 0.6 is 0 Å². The largest absolute Gasteiger partial charge is 0.469 e. The lowest BCUT2D eigenvalue weighted by Gasteiger charge is -2.44. The molecule has 7 heteroatoms. The van der Waals surface area contributed by atoms with Crippen molar-refractivity contribution in [2.75, 3.05) is 39.0 Å². The fourth-order valence-corrected chi connectivity index (χ4v) is 4.78. The Balaban J connectivity index is 1.98. The smallest absolute Gasteiger partial charge is 0.306 e. The standard InChI is InChI=1S/C13H24N2O4S/c1-19-12(16)4-9-20(17,18)15-8-3-6-13(11-15)5-2-7-14-10-13/h14H,2-11H2,1H3. The number of sulfonamides is 1. The topological polar surface area (TPSA) is 75.7 Å². The lowest BCUT2D eigenvalue weighted by molar-refractivity contribution is -0.140. The molecule has 0 aliphatic carbocycles. The van der Waals surface area contributed by atoms with Crippen LogP contribution < -0.4 is 5.32 Å². The number of carbonyl (C=O) groups excluding carboxylic acids is 1. The number of carbonyl (C=O) groups is 1. The van der Waals surface area contributed by atoms with E-state index in [2.05, 4.69) is 10.1 Å². The molecule has 2 aliphatic rings. The van der Waals surface area contributed by atoms with Gasteiger partial charge in [0.1, 0.15) is 0 Å². The Kier molecular flexibility index (Phi) is 5.04. The van der Waals surface area contributed by atoms with Gasteiger partial charge in [0.25, 0.3) is 0 Å². The van der Waals surface area contributed by atoms with Gasteiger partial charge in [-0.3, -0.25) is 4.79 Å². The maximum atomic E-state index is 12.3. The minimum Gasteiger partial charge on any atom is -0.469 e. The summed E-state index contributed by atoms with van der Waals surface area (Å²) in [5.74, 6) is -0.622. The summed E-state index contributed by atoms with van der Waals surface area (Å²) in [6, 6.07) is 0. The highest BCUT2D eigenvalue weighted by Gasteiger charge is 2.40. The molecule has 0 amide bonds. The summed E-state index contributed by atoms with van der Waals surface area (Å²) in [4.78, 5) is 11.1. The number of nitrogens with one attached hydrogen (secondary N) is 1. The Labute approximate surface area is 120 Å². The van der Waals surface area contributed by atoms with E-state index in [4.69, 9.17) is 0 Å². The molecule has 6 nitrogen and oxygen atoms in total. The molecular formula is C13H24N2O4S. The van der Waals surface area contributed by atoms with Gasteiger partial charge in [0.05, 0.1) is 19.3 Å². The van der Waals surface area contributed by atoms with Crippen LogP contribution in [0.3, 0.4) is 0 Å². The highest BCUT2D eigenvalue weighted by atomic mass is 32.2. The summed E-state index contributed by atoms with van der Waals surface area (Å²) >= 11 is 0. The molecule has 1 unspecified atom stereocenters. The van der Waals surface area contributed by atoms with Crippen LogP contribution in [0, 0.1) is 5.41 Å².